The van der Waals surface area contributed by atoms with Gasteiger partial charge in [-0.05, 0) is 31.9 Å². The van der Waals surface area contributed by atoms with Gasteiger partial charge in [-0.15, -0.1) is 0 Å². The molecule has 114 valence electrons. The Balaban J connectivity index is 2.03. The number of imidazole rings is 1. The van der Waals surface area contributed by atoms with E-state index in [1.54, 1.807) is 6.92 Å². The molecule has 1 aromatic heterocycles. The Hall–Kier alpha value is -1.88. The van der Waals surface area contributed by atoms with Crippen LogP contribution in [0.3, 0.4) is 0 Å². The van der Waals surface area contributed by atoms with Gasteiger partial charge in [0, 0.05) is 12.6 Å². The fourth-order valence-electron chi connectivity index (χ4n) is 2.62. The minimum absolute atomic E-state index is 0.0926. The topological polar surface area (TPSA) is 73.7 Å². The number of carbonyl (C=O) groups is 1. The van der Waals surface area contributed by atoms with Crippen LogP contribution < -0.4 is 10.9 Å². The molecule has 3 N–H and O–H groups in total. The third-order valence-electron chi connectivity index (χ3n) is 3.62. The fourth-order valence-corrected chi connectivity index (χ4v) is 2.62. The first-order valence-electron chi connectivity index (χ1n) is 7.47. The van der Waals surface area contributed by atoms with Crippen molar-refractivity contribution in [3.05, 3.63) is 29.9 Å². The quantitative estimate of drug-likeness (QED) is 0.730. The summed E-state index contributed by atoms with van der Waals surface area (Å²) in [5, 5.41) is 11.3. The van der Waals surface area contributed by atoms with E-state index in [-0.39, 0.29) is 11.8 Å². The van der Waals surface area contributed by atoms with Gasteiger partial charge >= 0.3 is 0 Å². The monoisotopic (exact) mass is 288 g/mol. The lowest BCUT2D eigenvalue weighted by molar-refractivity contribution is -0.119. The van der Waals surface area contributed by atoms with E-state index >= 15 is 0 Å². The smallest absolute Gasteiger partial charge is 0.200 e. The van der Waals surface area contributed by atoms with Crippen molar-refractivity contribution in [2.45, 2.75) is 52.2 Å². The Bertz CT molecular complexity index is 668. The molecule has 0 spiro atoms. The van der Waals surface area contributed by atoms with E-state index in [0.717, 1.165) is 30.4 Å². The second-order valence-corrected chi connectivity index (χ2v) is 5.77. The zero-order valence-electron chi connectivity index (χ0n) is 12.9. The SMILES string of the molecule is CC(=O)[C@H](CCCn1c(=N)[nH]c2ccccc21)NC(C)C. The van der Waals surface area contributed by atoms with Crippen LogP contribution in [0.5, 0.6) is 0 Å². The maximum Gasteiger partial charge on any atom is 0.200 e. The van der Waals surface area contributed by atoms with E-state index in [4.69, 9.17) is 5.41 Å². The molecule has 1 heterocycles. The number of hydrogen-bond donors (Lipinski definition) is 3. The maximum absolute atomic E-state index is 11.6. The molecule has 0 saturated heterocycles. The molecule has 2 rings (SSSR count). The molecule has 5 nitrogen and oxygen atoms in total. The third-order valence-corrected chi connectivity index (χ3v) is 3.62. The van der Waals surface area contributed by atoms with Crippen LogP contribution in [0.15, 0.2) is 24.3 Å². The molecule has 1 atom stereocenters. The van der Waals surface area contributed by atoms with Gasteiger partial charge in [0.15, 0.2) is 5.62 Å². The lowest BCUT2D eigenvalue weighted by Gasteiger charge is -2.18. The van der Waals surface area contributed by atoms with Gasteiger partial charge in [0.1, 0.15) is 5.78 Å². The standard InChI is InChI=1S/C16H24N4O/c1-11(2)18-13(12(3)21)8-6-10-20-15-9-5-4-7-14(15)19-16(20)17/h4-5,7,9,11,13,18H,6,8,10H2,1-3H3,(H2,17,19)/t13-/m0/s1. The van der Waals surface area contributed by atoms with Gasteiger partial charge in [-0.2, -0.15) is 0 Å². The number of benzene rings is 1. The van der Waals surface area contributed by atoms with Crippen molar-refractivity contribution in [2.24, 2.45) is 0 Å². The van der Waals surface area contributed by atoms with Crippen LogP contribution in [-0.2, 0) is 11.3 Å². The number of aromatic amines is 1. The van der Waals surface area contributed by atoms with Crippen LogP contribution >= 0.6 is 0 Å². The second kappa shape index (κ2) is 6.72. The Morgan fingerprint density at radius 3 is 2.76 bits per heavy atom. The normalized spacial score (nSPS) is 13.0. The average molecular weight is 288 g/mol. The van der Waals surface area contributed by atoms with Gasteiger partial charge in [0.25, 0.3) is 0 Å². The summed E-state index contributed by atoms with van der Waals surface area (Å²) in [7, 11) is 0. The predicted octanol–water partition coefficient (Wildman–Crippen LogP) is 2.18. The van der Waals surface area contributed by atoms with Crippen molar-refractivity contribution in [1.29, 1.82) is 5.41 Å². The number of aryl methyl sites for hydroxylation is 1. The number of carbonyl (C=O) groups excluding carboxylic acids is 1. The number of aromatic nitrogens is 2. The Morgan fingerprint density at radius 2 is 2.10 bits per heavy atom. The Labute approximate surface area is 124 Å². The molecule has 1 aromatic carbocycles. The summed E-state index contributed by atoms with van der Waals surface area (Å²) in [4.78, 5) is 14.7. The molecular weight excluding hydrogens is 264 g/mol. The van der Waals surface area contributed by atoms with Crippen molar-refractivity contribution in [3.8, 4) is 0 Å². The number of hydrogen-bond acceptors (Lipinski definition) is 3. The Kier molecular flexibility index (Phi) is 4.96. The number of ketones is 1. The highest BCUT2D eigenvalue weighted by Gasteiger charge is 2.14. The van der Waals surface area contributed by atoms with Crippen molar-refractivity contribution >= 4 is 16.8 Å². The number of rotatable bonds is 7. The summed E-state index contributed by atoms with van der Waals surface area (Å²) < 4.78 is 1.96. The minimum Gasteiger partial charge on any atom is -0.324 e. The summed E-state index contributed by atoms with van der Waals surface area (Å²) in [6, 6.07) is 8.13. The zero-order chi connectivity index (χ0) is 15.4. The molecule has 0 aliphatic carbocycles. The van der Waals surface area contributed by atoms with E-state index in [2.05, 4.69) is 10.3 Å². The van der Waals surface area contributed by atoms with Gasteiger partial charge in [-0.25, -0.2) is 0 Å². The molecular formula is C16H24N4O. The number of nitrogens with one attached hydrogen (secondary N) is 3. The van der Waals surface area contributed by atoms with Crippen LogP contribution in [0.2, 0.25) is 0 Å². The highest BCUT2D eigenvalue weighted by atomic mass is 16.1. The largest absolute Gasteiger partial charge is 0.324 e. The molecule has 0 bridgehead atoms. The number of nitrogens with zero attached hydrogens (tertiary/aromatic N) is 1. The summed E-state index contributed by atoms with van der Waals surface area (Å²) >= 11 is 0. The van der Waals surface area contributed by atoms with E-state index in [1.807, 2.05) is 42.7 Å². The van der Waals surface area contributed by atoms with Crippen LogP contribution in [0.1, 0.15) is 33.6 Å². The predicted molar refractivity (Wildman–Crippen MR) is 84.1 cm³/mol. The van der Waals surface area contributed by atoms with E-state index < -0.39 is 0 Å². The van der Waals surface area contributed by atoms with Crippen LogP contribution in [-0.4, -0.2) is 27.4 Å². The van der Waals surface area contributed by atoms with Gasteiger partial charge in [-0.3, -0.25) is 10.2 Å². The van der Waals surface area contributed by atoms with Gasteiger partial charge in [-0.1, -0.05) is 26.0 Å². The van der Waals surface area contributed by atoms with Gasteiger partial charge in [0.2, 0.25) is 0 Å². The number of fused-ring (bicyclic) bond motifs is 1. The molecule has 21 heavy (non-hydrogen) atoms. The van der Waals surface area contributed by atoms with Crippen LogP contribution in [0.4, 0.5) is 0 Å². The van der Waals surface area contributed by atoms with E-state index in [1.165, 1.54) is 0 Å². The lowest BCUT2D eigenvalue weighted by atomic mass is 10.1. The van der Waals surface area contributed by atoms with Crippen molar-refractivity contribution < 1.29 is 4.79 Å². The van der Waals surface area contributed by atoms with Crippen molar-refractivity contribution in [3.63, 3.8) is 0 Å². The molecule has 0 saturated carbocycles. The number of Topliss-reactive ketones (excluding diaryl/α,β-unsaturated/α-hetero) is 1. The Morgan fingerprint density at radius 1 is 1.38 bits per heavy atom. The summed E-state index contributed by atoms with van der Waals surface area (Å²) in [6.07, 6.45) is 1.65. The van der Waals surface area contributed by atoms with Crippen LogP contribution in [0.25, 0.3) is 11.0 Å². The fraction of sp³-hybridized carbons (Fsp3) is 0.500. The molecule has 0 radical (unpaired) electrons. The average Bonchev–Trinajstić information content (AvgIpc) is 2.73. The van der Waals surface area contributed by atoms with Crippen molar-refractivity contribution in [1.82, 2.24) is 14.9 Å². The second-order valence-electron chi connectivity index (χ2n) is 5.77. The minimum atomic E-state index is -0.0926. The maximum atomic E-state index is 11.6. The molecule has 2 aromatic rings. The molecule has 0 fully saturated rings. The molecule has 0 aliphatic heterocycles. The van der Waals surface area contributed by atoms with Crippen LogP contribution in [0, 0.1) is 5.41 Å². The highest BCUT2D eigenvalue weighted by molar-refractivity contribution is 5.81. The number of para-hydroxylation sites is 2. The molecule has 0 unspecified atom stereocenters. The third kappa shape index (κ3) is 3.82. The van der Waals surface area contributed by atoms with Gasteiger partial charge < -0.3 is 14.9 Å². The molecule has 0 aliphatic rings. The zero-order valence-corrected chi connectivity index (χ0v) is 12.9. The lowest BCUT2D eigenvalue weighted by Crippen LogP contribution is -2.40. The summed E-state index contributed by atoms with van der Waals surface area (Å²) in [5.41, 5.74) is 2.43. The first kappa shape index (κ1) is 15.5. The first-order valence-corrected chi connectivity index (χ1v) is 7.47. The molecule has 0 amide bonds. The number of H-pyrrole nitrogens is 1. The summed E-state index contributed by atoms with van der Waals surface area (Å²) in [6.45, 7) is 6.47. The summed E-state index contributed by atoms with van der Waals surface area (Å²) in [5.74, 6) is 0.179. The highest BCUT2D eigenvalue weighted by Crippen LogP contribution is 2.10. The van der Waals surface area contributed by atoms with Gasteiger partial charge in [0.05, 0.1) is 17.1 Å². The van der Waals surface area contributed by atoms with E-state index in [0.29, 0.717) is 11.7 Å². The first-order chi connectivity index (χ1) is 9.99. The van der Waals surface area contributed by atoms with E-state index in [9.17, 15) is 4.79 Å². The molecule has 5 heteroatoms. The van der Waals surface area contributed by atoms with Crippen molar-refractivity contribution in [2.75, 3.05) is 0 Å².